The van der Waals surface area contributed by atoms with Crippen molar-refractivity contribution in [3.63, 3.8) is 0 Å². The average Bonchev–Trinajstić information content (AvgIpc) is 3.17. The van der Waals surface area contributed by atoms with E-state index < -0.39 is 16.1 Å². The van der Waals surface area contributed by atoms with Crippen molar-refractivity contribution >= 4 is 33.4 Å². The molecule has 1 amide bonds. The number of carbonyl (C=O) groups excluding carboxylic acids is 1. The minimum atomic E-state index is -4.02. The summed E-state index contributed by atoms with van der Waals surface area (Å²) in [6, 6.07) is 5.87. The summed E-state index contributed by atoms with van der Waals surface area (Å²) in [6.07, 6.45) is 1.26. The van der Waals surface area contributed by atoms with Crippen molar-refractivity contribution in [1.29, 1.82) is 0 Å². The van der Waals surface area contributed by atoms with Crippen molar-refractivity contribution in [2.24, 2.45) is 0 Å². The summed E-state index contributed by atoms with van der Waals surface area (Å²) in [5, 5.41) is 0.251. The van der Waals surface area contributed by atoms with E-state index in [1.54, 1.807) is 6.07 Å². The molecule has 1 saturated heterocycles. The van der Waals surface area contributed by atoms with Gasteiger partial charge in [-0.15, -0.1) is 0 Å². The molecule has 2 aliphatic rings. The molecule has 32 heavy (non-hydrogen) atoms. The predicted octanol–water partition coefficient (Wildman–Crippen LogP) is 2.66. The Morgan fingerprint density at radius 2 is 2.16 bits per heavy atom. The Hall–Kier alpha value is -2.76. The normalized spacial score (nSPS) is 18.3. The first-order valence-electron chi connectivity index (χ1n) is 9.87. The van der Waals surface area contributed by atoms with Gasteiger partial charge < -0.3 is 23.8 Å². The highest BCUT2D eigenvalue weighted by atomic mass is 35.5. The molecule has 12 heteroatoms. The Bertz CT molecular complexity index is 1110. The van der Waals surface area contributed by atoms with Crippen LogP contribution < -0.4 is 14.2 Å². The summed E-state index contributed by atoms with van der Waals surface area (Å²) in [5.41, 5.74) is 0.745. The van der Waals surface area contributed by atoms with Crippen molar-refractivity contribution in [3.8, 4) is 11.6 Å². The van der Waals surface area contributed by atoms with E-state index in [2.05, 4.69) is 9.71 Å². The molecular weight excluding hydrogens is 462 g/mol. The third kappa shape index (κ3) is 5.00. The van der Waals surface area contributed by atoms with Gasteiger partial charge in [-0.3, -0.25) is 4.72 Å². The van der Waals surface area contributed by atoms with Crippen molar-refractivity contribution < 1.29 is 32.2 Å². The number of hydrogen-bond donors (Lipinski definition) is 1. The summed E-state index contributed by atoms with van der Waals surface area (Å²) < 4.78 is 49.8. The average molecular weight is 484 g/mol. The molecule has 172 valence electrons. The van der Waals surface area contributed by atoms with Crippen molar-refractivity contribution in [2.45, 2.75) is 24.0 Å². The lowest BCUT2D eigenvalue weighted by Gasteiger charge is -2.21. The van der Waals surface area contributed by atoms with Gasteiger partial charge in [0, 0.05) is 17.0 Å². The Morgan fingerprint density at radius 3 is 2.91 bits per heavy atom. The number of halogens is 1. The van der Waals surface area contributed by atoms with Crippen LogP contribution in [0.2, 0.25) is 5.02 Å². The highest BCUT2D eigenvalue weighted by molar-refractivity contribution is 7.92. The Balaban J connectivity index is 1.54. The Labute approximate surface area is 190 Å². The second-order valence-electron chi connectivity index (χ2n) is 7.23. The number of carbonyl (C=O) groups is 1. The third-order valence-electron chi connectivity index (χ3n) is 4.97. The number of rotatable bonds is 5. The van der Waals surface area contributed by atoms with Crippen LogP contribution in [0.4, 0.5) is 10.5 Å². The lowest BCUT2D eigenvalue weighted by Crippen LogP contribution is -2.35. The molecule has 0 bridgehead atoms. The van der Waals surface area contributed by atoms with E-state index in [1.807, 2.05) is 0 Å². The SMILES string of the molecule is COc1ccc(Cl)cc1S(=O)(=O)Nc1cnc2c(c1)CN(C(=O)OC1CCOC1)CCO2. The van der Waals surface area contributed by atoms with Crippen LogP contribution in [-0.2, 0) is 26.0 Å². The van der Waals surface area contributed by atoms with Gasteiger partial charge in [0.2, 0.25) is 5.88 Å². The van der Waals surface area contributed by atoms with Crippen LogP contribution in [0.3, 0.4) is 0 Å². The maximum absolute atomic E-state index is 12.9. The molecule has 1 aromatic carbocycles. The van der Waals surface area contributed by atoms with E-state index >= 15 is 0 Å². The molecule has 2 aromatic rings. The van der Waals surface area contributed by atoms with Gasteiger partial charge in [-0.2, -0.15) is 0 Å². The molecule has 0 radical (unpaired) electrons. The van der Waals surface area contributed by atoms with Crippen LogP contribution in [0.5, 0.6) is 11.6 Å². The van der Waals surface area contributed by atoms with Gasteiger partial charge in [0.1, 0.15) is 23.4 Å². The minimum Gasteiger partial charge on any atom is -0.495 e. The van der Waals surface area contributed by atoms with Gasteiger partial charge in [-0.05, 0) is 24.3 Å². The molecule has 0 spiro atoms. The van der Waals surface area contributed by atoms with E-state index in [4.69, 9.17) is 30.5 Å². The molecule has 1 unspecified atom stereocenters. The number of anilines is 1. The van der Waals surface area contributed by atoms with Gasteiger partial charge in [0.15, 0.2) is 0 Å². The number of methoxy groups -OCH3 is 1. The van der Waals surface area contributed by atoms with Crippen molar-refractivity contribution in [1.82, 2.24) is 9.88 Å². The topological polar surface area (TPSA) is 116 Å². The molecule has 4 rings (SSSR count). The van der Waals surface area contributed by atoms with Crippen LogP contribution in [-0.4, -0.2) is 64.0 Å². The fourth-order valence-electron chi connectivity index (χ4n) is 3.38. The number of aromatic nitrogens is 1. The number of sulfonamides is 1. The monoisotopic (exact) mass is 483 g/mol. The summed E-state index contributed by atoms with van der Waals surface area (Å²) in [4.78, 5) is 18.1. The van der Waals surface area contributed by atoms with E-state index in [0.29, 0.717) is 37.6 Å². The van der Waals surface area contributed by atoms with E-state index in [0.717, 1.165) is 0 Å². The lowest BCUT2D eigenvalue weighted by atomic mass is 10.2. The van der Waals surface area contributed by atoms with E-state index in [1.165, 1.54) is 36.4 Å². The molecule has 0 aliphatic carbocycles. The predicted molar refractivity (Wildman–Crippen MR) is 115 cm³/mol. The second kappa shape index (κ2) is 9.39. The van der Waals surface area contributed by atoms with Crippen LogP contribution in [0.1, 0.15) is 12.0 Å². The maximum atomic E-state index is 12.9. The Kier molecular flexibility index (Phi) is 6.58. The highest BCUT2D eigenvalue weighted by Gasteiger charge is 2.27. The van der Waals surface area contributed by atoms with E-state index in [9.17, 15) is 13.2 Å². The zero-order chi connectivity index (χ0) is 22.7. The fraction of sp³-hybridized carbons (Fsp3) is 0.400. The largest absolute Gasteiger partial charge is 0.495 e. The molecule has 0 saturated carbocycles. The summed E-state index contributed by atoms with van der Waals surface area (Å²) in [6.45, 7) is 1.65. The van der Waals surface area contributed by atoms with Crippen LogP contribution in [0.25, 0.3) is 0 Å². The number of pyridine rings is 1. The summed E-state index contributed by atoms with van der Waals surface area (Å²) in [7, 11) is -2.65. The number of hydrogen-bond acceptors (Lipinski definition) is 8. The highest BCUT2D eigenvalue weighted by Crippen LogP contribution is 2.30. The first kappa shape index (κ1) is 22.4. The van der Waals surface area contributed by atoms with Gasteiger partial charge >= 0.3 is 6.09 Å². The molecule has 1 atom stereocenters. The summed E-state index contributed by atoms with van der Waals surface area (Å²) in [5.74, 6) is 0.477. The van der Waals surface area contributed by atoms with E-state index in [-0.39, 0.29) is 40.6 Å². The zero-order valence-corrected chi connectivity index (χ0v) is 18.8. The fourth-order valence-corrected chi connectivity index (χ4v) is 4.85. The molecule has 3 heterocycles. The number of amides is 1. The zero-order valence-electron chi connectivity index (χ0n) is 17.2. The molecular formula is C20H22ClN3O7S. The van der Waals surface area contributed by atoms with Gasteiger partial charge in [-0.1, -0.05) is 11.6 Å². The Morgan fingerprint density at radius 1 is 1.31 bits per heavy atom. The minimum absolute atomic E-state index is 0.109. The van der Waals surface area contributed by atoms with Crippen molar-refractivity contribution in [3.05, 3.63) is 41.0 Å². The second-order valence-corrected chi connectivity index (χ2v) is 9.32. The quantitative estimate of drug-likeness (QED) is 0.690. The first-order chi connectivity index (χ1) is 15.4. The number of fused-ring (bicyclic) bond motifs is 1. The smallest absolute Gasteiger partial charge is 0.410 e. The van der Waals surface area contributed by atoms with Gasteiger partial charge in [0.05, 0.1) is 45.3 Å². The van der Waals surface area contributed by atoms with Gasteiger partial charge in [0.25, 0.3) is 10.0 Å². The molecule has 1 fully saturated rings. The van der Waals surface area contributed by atoms with Crippen molar-refractivity contribution in [2.75, 3.05) is 38.2 Å². The number of benzene rings is 1. The lowest BCUT2D eigenvalue weighted by molar-refractivity contribution is 0.0516. The summed E-state index contributed by atoms with van der Waals surface area (Å²) >= 11 is 5.97. The molecule has 2 aliphatic heterocycles. The maximum Gasteiger partial charge on any atom is 0.410 e. The first-order valence-corrected chi connectivity index (χ1v) is 11.7. The standard InChI is InChI=1S/C20H22ClN3O7S/c1-28-17-3-2-14(21)9-18(17)32(26,27)23-15-8-13-11-24(5-7-30-19(13)22-10-15)20(25)31-16-4-6-29-12-16/h2-3,8-10,16,23H,4-7,11-12H2,1H3. The van der Waals surface area contributed by atoms with Gasteiger partial charge in [-0.25, -0.2) is 18.2 Å². The van der Waals surface area contributed by atoms with Crippen LogP contribution >= 0.6 is 11.6 Å². The molecule has 1 N–H and O–H groups in total. The number of ether oxygens (including phenoxy) is 4. The molecule has 10 nitrogen and oxygen atoms in total. The van der Waals surface area contributed by atoms with Crippen LogP contribution in [0, 0.1) is 0 Å². The third-order valence-corrected chi connectivity index (χ3v) is 6.61. The molecule has 1 aromatic heterocycles. The van der Waals surface area contributed by atoms with Crippen LogP contribution in [0.15, 0.2) is 35.4 Å². The number of nitrogens with one attached hydrogen (secondary N) is 1. The number of nitrogens with zero attached hydrogens (tertiary/aromatic N) is 2.